The molecule has 0 unspecified atom stereocenters. The molecular formula is C22H20N2O4. The zero-order valence-corrected chi connectivity index (χ0v) is 15.4. The topological polar surface area (TPSA) is 77.9 Å². The minimum atomic E-state index is -0.276. The standard InChI is InChI=1S/C22H20N2O4/c1-15-4-7-17(8-5-15)27-12-10-24-19-13-16(23)6-9-20(19)28-21(22(24)25)14-18-3-2-11-26-18/h2-9,11,13-14H,10,12,23H2,1H3/b21-14+. The summed E-state index contributed by atoms with van der Waals surface area (Å²) in [5, 5.41) is 0. The minimum Gasteiger partial charge on any atom is -0.492 e. The summed E-state index contributed by atoms with van der Waals surface area (Å²) in [6, 6.07) is 16.5. The number of carbonyl (C=O) groups is 1. The Morgan fingerprint density at radius 2 is 1.96 bits per heavy atom. The Hall–Kier alpha value is -3.67. The molecular weight excluding hydrogens is 356 g/mol. The molecule has 6 heteroatoms. The molecule has 2 aromatic carbocycles. The Bertz CT molecular complexity index is 1010. The van der Waals surface area contributed by atoms with Crippen LogP contribution in [0, 0.1) is 6.92 Å². The Morgan fingerprint density at radius 3 is 2.71 bits per heavy atom. The van der Waals surface area contributed by atoms with Crippen LogP contribution in [0.15, 0.2) is 71.0 Å². The van der Waals surface area contributed by atoms with E-state index in [9.17, 15) is 4.79 Å². The summed E-state index contributed by atoms with van der Waals surface area (Å²) in [5.41, 5.74) is 8.25. The monoisotopic (exact) mass is 376 g/mol. The van der Waals surface area contributed by atoms with E-state index in [4.69, 9.17) is 19.6 Å². The van der Waals surface area contributed by atoms with Crippen molar-refractivity contribution in [3.63, 3.8) is 0 Å². The fourth-order valence-corrected chi connectivity index (χ4v) is 2.94. The number of benzene rings is 2. The van der Waals surface area contributed by atoms with Crippen LogP contribution in [-0.4, -0.2) is 19.1 Å². The number of aryl methyl sites for hydroxylation is 1. The Morgan fingerprint density at radius 1 is 1.14 bits per heavy atom. The van der Waals surface area contributed by atoms with Gasteiger partial charge in [0.1, 0.15) is 18.1 Å². The van der Waals surface area contributed by atoms with E-state index in [0.29, 0.717) is 36.0 Å². The first-order valence-electron chi connectivity index (χ1n) is 8.94. The van der Waals surface area contributed by atoms with E-state index < -0.39 is 0 Å². The van der Waals surface area contributed by atoms with Gasteiger partial charge in [-0.05, 0) is 49.4 Å². The molecule has 4 rings (SSSR count). The van der Waals surface area contributed by atoms with Gasteiger partial charge in [0.15, 0.2) is 11.5 Å². The molecule has 0 fully saturated rings. The molecule has 28 heavy (non-hydrogen) atoms. The van der Waals surface area contributed by atoms with E-state index in [0.717, 1.165) is 11.3 Å². The molecule has 2 N–H and O–H groups in total. The van der Waals surface area contributed by atoms with Gasteiger partial charge >= 0.3 is 0 Å². The highest BCUT2D eigenvalue weighted by atomic mass is 16.5. The fourth-order valence-electron chi connectivity index (χ4n) is 2.94. The highest BCUT2D eigenvalue weighted by Gasteiger charge is 2.30. The van der Waals surface area contributed by atoms with E-state index >= 15 is 0 Å². The van der Waals surface area contributed by atoms with Gasteiger partial charge in [0, 0.05) is 11.8 Å². The van der Waals surface area contributed by atoms with E-state index in [1.54, 1.807) is 47.6 Å². The first-order chi connectivity index (χ1) is 13.6. The van der Waals surface area contributed by atoms with Crippen molar-refractivity contribution in [1.29, 1.82) is 0 Å². The number of amides is 1. The van der Waals surface area contributed by atoms with Gasteiger partial charge in [-0.25, -0.2) is 0 Å². The number of carbonyl (C=O) groups excluding carboxylic acids is 1. The molecule has 142 valence electrons. The van der Waals surface area contributed by atoms with Crippen LogP contribution >= 0.6 is 0 Å². The molecule has 0 atom stereocenters. The zero-order valence-electron chi connectivity index (χ0n) is 15.4. The van der Waals surface area contributed by atoms with Gasteiger partial charge in [-0.1, -0.05) is 17.7 Å². The van der Waals surface area contributed by atoms with Crippen LogP contribution < -0.4 is 20.1 Å². The third-order valence-corrected chi connectivity index (χ3v) is 4.37. The summed E-state index contributed by atoms with van der Waals surface area (Å²) in [5.74, 6) is 1.76. The zero-order chi connectivity index (χ0) is 19.5. The van der Waals surface area contributed by atoms with E-state index in [-0.39, 0.29) is 11.7 Å². The molecule has 6 nitrogen and oxygen atoms in total. The van der Waals surface area contributed by atoms with Crippen LogP contribution in [0.3, 0.4) is 0 Å². The van der Waals surface area contributed by atoms with E-state index in [2.05, 4.69) is 0 Å². The van der Waals surface area contributed by atoms with Crippen LogP contribution in [0.1, 0.15) is 11.3 Å². The largest absolute Gasteiger partial charge is 0.492 e. The molecule has 0 spiro atoms. The molecule has 0 bridgehead atoms. The molecule has 0 saturated heterocycles. The minimum absolute atomic E-state index is 0.183. The summed E-state index contributed by atoms with van der Waals surface area (Å²) in [7, 11) is 0. The summed E-state index contributed by atoms with van der Waals surface area (Å²) >= 11 is 0. The van der Waals surface area contributed by atoms with Crippen molar-refractivity contribution < 1.29 is 18.7 Å². The van der Waals surface area contributed by atoms with Crippen LogP contribution in [0.25, 0.3) is 6.08 Å². The maximum absolute atomic E-state index is 13.0. The molecule has 1 aliphatic rings. The van der Waals surface area contributed by atoms with Crippen molar-refractivity contribution in [3.05, 3.63) is 77.9 Å². The number of nitrogens with two attached hydrogens (primary N) is 1. The molecule has 1 aliphatic heterocycles. The highest BCUT2D eigenvalue weighted by molar-refractivity contribution is 6.10. The van der Waals surface area contributed by atoms with Gasteiger partial charge in [-0.2, -0.15) is 0 Å². The van der Waals surface area contributed by atoms with Gasteiger partial charge in [0.05, 0.1) is 18.5 Å². The van der Waals surface area contributed by atoms with E-state index in [1.165, 1.54) is 0 Å². The average Bonchev–Trinajstić information content (AvgIpc) is 3.19. The van der Waals surface area contributed by atoms with E-state index in [1.807, 2.05) is 31.2 Å². The second-order valence-corrected chi connectivity index (χ2v) is 6.47. The molecule has 0 radical (unpaired) electrons. The first kappa shape index (κ1) is 17.7. The lowest BCUT2D eigenvalue weighted by molar-refractivity contribution is -0.117. The van der Waals surface area contributed by atoms with Crippen molar-refractivity contribution in [2.24, 2.45) is 0 Å². The second-order valence-electron chi connectivity index (χ2n) is 6.47. The summed E-state index contributed by atoms with van der Waals surface area (Å²) < 4.78 is 16.9. The summed E-state index contributed by atoms with van der Waals surface area (Å²) in [6.07, 6.45) is 3.12. The first-order valence-corrected chi connectivity index (χ1v) is 8.94. The smallest absolute Gasteiger partial charge is 0.294 e. The third kappa shape index (κ3) is 3.71. The number of anilines is 2. The van der Waals surface area contributed by atoms with Gasteiger partial charge in [-0.3, -0.25) is 9.69 Å². The number of nitrogen functional groups attached to an aromatic ring is 1. The van der Waals surface area contributed by atoms with Crippen molar-refractivity contribution in [1.82, 2.24) is 0 Å². The molecule has 3 aromatic rings. The normalized spacial score (nSPS) is 14.7. The fraction of sp³-hybridized carbons (Fsp3) is 0.136. The number of furan rings is 1. The van der Waals surface area contributed by atoms with Gasteiger partial charge in [-0.15, -0.1) is 0 Å². The van der Waals surface area contributed by atoms with Crippen LogP contribution in [-0.2, 0) is 4.79 Å². The highest BCUT2D eigenvalue weighted by Crippen LogP contribution is 2.37. The quantitative estimate of drug-likeness (QED) is 0.538. The lowest BCUT2D eigenvalue weighted by atomic mass is 10.2. The van der Waals surface area contributed by atoms with Gasteiger partial charge in [0.2, 0.25) is 0 Å². The van der Waals surface area contributed by atoms with Crippen molar-refractivity contribution in [2.75, 3.05) is 23.8 Å². The lowest BCUT2D eigenvalue weighted by Crippen LogP contribution is -2.40. The maximum atomic E-state index is 13.0. The Labute approximate surface area is 162 Å². The molecule has 1 amide bonds. The number of rotatable bonds is 5. The number of fused-ring (bicyclic) bond motifs is 1. The molecule has 2 heterocycles. The van der Waals surface area contributed by atoms with Gasteiger partial charge < -0.3 is 19.6 Å². The summed E-state index contributed by atoms with van der Waals surface area (Å²) in [6.45, 7) is 2.70. The predicted molar refractivity (Wildman–Crippen MR) is 107 cm³/mol. The number of hydrogen-bond acceptors (Lipinski definition) is 5. The van der Waals surface area contributed by atoms with Crippen LogP contribution in [0.4, 0.5) is 11.4 Å². The van der Waals surface area contributed by atoms with Crippen LogP contribution in [0.5, 0.6) is 11.5 Å². The summed E-state index contributed by atoms with van der Waals surface area (Å²) in [4.78, 5) is 14.6. The average molecular weight is 376 g/mol. The number of nitrogens with zero attached hydrogens (tertiary/aromatic N) is 1. The predicted octanol–water partition coefficient (Wildman–Crippen LogP) is 4.02. The van der Waals surface area contributed by atoms with Crippen molar-refractivity contribution in [2.45, 2.75) is 6.92 Å². The van der Waals surface area contributed by atoms with Crippen LogP contribution in [0.2, 0.25) is 0 Å². The number of ether oxygens (including phenoxy) is 2. The van der Waals surface area contributed by atoms with Crippen molar-refractivity contribution >= 4 is 23.4 Å². The Balaban J connectivity index is 1.57. The molecule has 0 saturated carbocycles. The third-order valence-electron chi connectivity index (χ3n) is 4.37. The van der Waals surface area contributed by atoms with Crippen molar-refractivity contribution in [3.8, 4) is 11.5 Å². The SMILES string of the molecule is Cc1ccc(OCCN2C(=O)/C(=C\c3ccco3)Oc3ccc(N)cc32)cc1. The number of hydrogen-bond donors (Lipinski definition) is 1. The maximum Gasteiger partial charge on any atom is 0.294 e. The Kier molecular flexibility index (Phi) is 4.76. The molecule has 0 aliphatic carbocycles. The molecule has 1 aromatic heterocycles. The lowest BCUT2D eigenvalue weighted by Gasteiger charge is -2.30. The second kappa shape index (κ2) is 7.52. The van der Waals surface area contributed by atoms with Gasteiger partial charge in [0.25, 0.3) is 5.91 Å².